The summed E-state index contributed by atoms with van der Waals surface area (Å²) in [6, 6.07) is 4.06. The number of alkyl halides is 3. The van der Waals surface area contributed by atoms with Crippen molar-refractivity contribution in [3.63, 3.8) is 0 Å². The summed E-state index contributed by atoms with van der Waals surface area (Å²) in [7, 11) is 0. The first-order chi connectivity index (χ1) is 9.40. The molecule has 1 aromatic carbocycles. The number of benzene rings is 1. The minimum atomic E-state index is -4.34. The molecule has 20 heavy (non-hydrogen) atoms. The van der Waals surface area contributed by atoms with Crippen LogP contribution >= 0.6 is 15.9 Å². The van der Waals surface area contributed by atoms with Crippen molar-refractivity contribution in [2.24, 2.45) is 0 Å². The average molecular weight is 350 g/mol. The van der Waals surface area contributed by atoms with Gasteiger partial charge in [-0.3, -0.25) is 0 Å². The van der Waals surface area contributed by atoms with Gasteiger partial charge in [-0.25, -0.2) is 0 Å². The van der Waals surface area contributed by atoms with Crippen LogP contribution < -0.4 is 5.32 Å². The monoisotopic (exact) mass is 349 g/mol. The van der Waals surface area contributed by atoms with Crippen LogP contribution in [0.5, 0.6) is 0 Å². The second-order valence-corrected chi connectivity index (χ2v) is 5.47. The van der Waals surface area contributed by atoms with E-state index in [1.165, 1.54) is 0 Å². The van der Waals surface area contributed by atoms with Crippen molar-refractivity contribution in [2.75, 3.05) is 6.54 Å². The quantitative estimate of drug-likeness (QED) is 0.508. The molecule has 0 aliphatic rings. The van der Waals surface area contributed by atoms with E-state index in [1.807, 2.05) is 6.92 Å². The maximum atomic E-state index is 13.2. The Labute approximate surface area is 126 Å². The molecule has 0 aliphatic carbocycles. The number of rotatable bonds is 7. The van der Waals surface area contributed by atoms with Gasteiger partial charge in [-0.05, 0) is 43.5 Å². The van der Waals surface area contributed by atoms with Crippen LogP contribution in [0, 0.1) is 0 Å². The largest absolute Gasteiger partial charge is 0.416 e. The minimum absolute atomic E-state index is 0.287. The first kappa shape index (κ1) is 17.2. The second-order valence-electron chi connectivity index (χ2n) is 4.56. The van der Waals surface area contributed by atoms with Gasteiger partial charge >= 0.3 is 6.18 Å². The van der Waals surface area contributed by atoms with Gasteiger partial charge in [0.2, 0.25) is 0 Å². The van der Waals surface area contributed by atoms with Crippen molar-refractivity contribution in [3.8, 4) is 0 Å². The number of unbranched alkanes of at least 4 members (excludes halogenated alkanes) is 1. The minimum Gasteiger partial charge on any atom is -0.310 e. The molecular weight excluding hydrogens is 331 g/mol. The molecule has 0 radical (unpaired) electrons. The molecule has 1 N–H and O–H groups in total. The van der Waals surface area contributed by atoms with Crippen LogP contribution in [0.1, 0.15) is 43.4 Å². The molecule has 1 atom stereocenters. The van der Waals surface area contributed by atoms with Crippen LogP contribution in [-0.4, -0.2) is 6.54 Å². The fourth-order valence-electron chi connectivity index (χ4n) is 2.16. The molecule has 0 saturated carbocycles. The van der Waals surface area contributed by atoms with Crippen molar-refractivity contribution in [3.05, 3.63) is 46.5 Å². The number of hydrogen-bond acceptors (Lipinski definition) is 1. The third-order valence-electron chi connectivity index (χ3n) is 3.05. The maximum absolute atomic E-state index is 13.2. The molecule has 1 aromatic rings. The molecule has 0 amide bonds. The van der Waals surface area contributed by atoms with Crippen molar-refractivity contribution >= 4 is 15.9 Å². The van der Waals surface area contributed by atoms with Gasteiger partial charge in [0.1, 0.15) is 0 Å². The van der Waals surface area contributed by atoms with Crippen LogP contribution in [0.3, 0.4) is 0 Å². The zero-order chi connectivity index (χ0) is 15.2. The Kier molecular flexibility index (Phi) is 6.76. The van der Waals surface area contributed by atoms with E-state index < -0.39 is 11.7 Å². The Morgan fingerprint density at radius 3 is 2.65 bits per heavy atom. The Morgan fingerprint density at radius 2 is 2.10 bits per heavy atom. The summed E-state index contributed by atoms with van der Waals surface area (Å²) in [5, 5.41) is 3.14. The molecule has 0 saturated heterocycles. The zero-order valence-electron chi connectivity index (χ0n) is 11.4. The summed E-state index contributed by atoms with van der Waals surface area (Å²) in [6.07, 6.45) is -0.278. The Morgan fingerprint density at radius 1 is 1.40 bits per heavy atom. The van der Waals surface area contributed by atoms with E-state index in [0.29, 0.717) is 23.0 Å². The van der Waals surface area contributed by atoms with Gasteiger partial charge in [0.05, 0.1) is 5.56 Å². The SMILES string of the molecule is C=CCCCC(NCC)c1ccc(Br)cc1C(F)(F)F. The second kappa shape index (κ2) is 7.84. The highest BCUT2D eigenvalue weighted by Crippen LogP contribution is 2.37. The fraction of sp³-hybridized carbons (Fsp3) is 0.467. The highest BCUT2D eigenvalue weighted by Gasteiger charge is 2.35. The van der Waals surface area contributed by atoms with Gasteiger partial charge in [-0.2, -0.15) is 13.2 Å². The predicted molar refractivity (Wildman–Crippen MR) is 79.6 cm³/mol. The van der Waals surface area contributed by atoms with Crippen LogP contribution in [0.25, 0.3) is 0 Å². The lowest BCUT2D eigenvalue weighted by atomic mass is 9.95. The normalized spacial score (nSPS) is 13.2. The van der Waals surface area contributed by atoms with E-state index in [0.717, 1.165) is 18.9 Å². The standard InChI is InChI=1S/C15H19BrF3N/c1-3-5-6-7-14(20-4-2)12-9-8-11(16)10-13(12)15(17,18)19/h3,8-10,14,20H,1,4-7H2,2H3. The molecule has 0 aromatic heterocycles. The van der Waals surface area contributed by atoms with Gasteiger partial charge in [0.15, 0.2) is 0 Å². The van der Waals surface area contributed by atoms with Crippen molar-refractivity contribution < 1.29 is 13.2 Å². The Bertz CT molecular complexity index is 443. The van der Waals surface area contributed by atoms with Crippen molar-refractivity contribution in [1.82, 2.24) is 5.32 Å². The Hall–Kier alpha value is -0.810. The van der Waals surface area contributed by atoms with Crippen LogP contribution in [0.15, 0.2) is 35.3 Å². The zero-order valence-corrected chi connectivity index (χ0v) is 13.0. The number of nitrogens with one attached hydrogen (secondary N) is 1. The molecule has 0 aliphatic heterocycles. The molecule has 112 valence electrons. The molecule has 1 unspecified atom stereocenters. The van der Waals surface area contributed by atoms with Crippen LogP contribution in [0.2, 0.25) is 0 Å². The first-order valence-electron chi connectivity index (χ1n) is 6.61. The molecular formula is C15H19BrF3N. The third-order valence-corrected chi connectivity index (χ3v) is 3.54. The summed E-state index contributed by atoms with van der Waals surface area (Å²) >= 11 is 3.11. The molecule has 1 rings (SSSR count). The first-order valence-corrected chi connectivity index (χ1v) is 7.40. The highest BCUT2D eigenvalue weighted by molar-refractivity contribution is 9.10. The summed E-state index contributed by atoms with van der Waals surface area (Å²) in [6.45, 7) is 6.16. The fourth-order valence-corrected chi connectivity index (χ4v) is 2.52. The van der Waals surface area contributed by atoms with E-state index in [9.17, 15) is 13.2 Å². The number of allylic oxidation sites excluding steroid dienone is 1. The predicted octanol–water partition coefficient (Wildman–Crippen LogP) is 5.47. The van der Waals surface area contributed by atoms with Crippen LogP contribution in [0.4, 0.5) is 13.2 Å². The van der Waals surface area contributed by atoms with E-state index in [1.54, 1.807) is 18.2 Å². The smallest absolute Gasteiger partial charge is 0.310 e. The third kappa shape index (κ3) is 4.94. The van der Waals surface area contributed by atoms with Gasteiger partial charge in [0.25, 0.3) is 0 Å². The van der Waals surface area contributed by atoms with Crippen molar-refractivity contribution in [2.45, 2.75) is 38.4 Å². The lowest BCUT2D eigenvalue weighted by Gasteiger charge is -2.22. The van der Waals surface area contributed by atoms with E-state index in [4.69, 9.17) is 0 Å². The molecule has 0 spiro atoms. The summed E-state index contributed by atoms with van der Waals surface area (Å²) < 4.78 is 39.9. The summed E-state index contributed by atoms with van der Waals surface area (Å²) in [4.78, 5) is 0. The Balaban J connectivity index is 3.08. The van der Waals surface area contributed by atoms with Gasteiger partial charge in [-0.15, -0.1) is 6.58 Å². The van der Waals surface area contributed by atoms with Gasteiger partial charge < -0.3 is 5.32 Å². The molecule has 0 bridgehead atoms. The van der Waals surface area contributed by atoms with Gasteiger partial charge in [0, 0.05) is 10.5 Å². The van der Waals surface area contributed by atoms with E-state index >= 15 is 0 Å². The molecule has 0 heterocycles. The van der Waals surface area contributed by atoms with E-state index in [-0.39, 0.29) is 6.04 Å². The number of halogens is 4. The molecule has 1 nitrogen and oxygen atoms in total. The summed E-state index contributed by atoms with van der Waals surface area (Å²) in [5.41, 5.74) is -0.261. The van der Waals surface area contributed by atoms with E-state index in [2.05, 4.69) is 27.8 Å². The molecule has 0 fully saturated rings. The number of hydrogen-bond donors (Lipinski definition) is 1. The highest BCUT2D eigenvalue weighted by atomic mass is 79.9. The topological polar surface area (TPSA) is 12.0 Å². The van der Waals surface area contributed by atoms with Crippen molar-refractivity contribution in [1.29, 1.82) is 0 Å². The lowest BCUT2D eigenvalue weighted by Crippen LogP contribution is -2.24. The summed E-state index contributed by atoms with van der Waals surface area (Å²) in [5.74, 6) is 0. The lowest BCUT2D eigenvalue weighted by molar-refractivity contribution is -0.138. The average Bonchev–Trinajstić information content (AvgIpc) is 2.37. The van der Waals surface area contributed by atoms with Crippen LogP contribution in [-0.2, 0) is 6.18 Å². The molecule has 5 heteroatoms. The van der Waals surface area contributed by atoms with Gasteiger partial charge in [-0.1, -0.05) is 35.0 Å². The maximum Gasteiger partial charge on any atom is 0.416 e.